The van der Waals surface area contributed by atoms with Gasteiger partial charge in [0, 0.05) is 6.07 Å². The summed E-state index contributed by atoms with van der Waals surface area (Å²) >= 11 is 5.76. The van der Waals surface area contributed by atoms with E-state index >= 15 is 0 Å². The highest BCUT2D eigenvalue weighted by molar-refractivity contribution is 6.32. The molecular formula is C9H7ClN2O2. The maximum absolute atomic E-state index is 10.6. The van der Waals surface area contributed by atoms with E-state index in [1.54, 1.807) is 6.07 Å². The molecule has 0 heterocycles. The van der Waals surface area contributed by atoms with Crippen LogP contribution in [-0.4, -0.2) is 11.5 Å². The Bertz CT molecular complexity index is 421. The Morgan fingerprint density at radius 1 is 1.57 bits per heavy atom. The molecule has 5 heteroatoms. The number of nitrogens with two attached hydrogens (primary N) is 1. The molecule has 0 aliphatic rings. The number of halogens is 1. The molecule has 1 aromatic carbocycles. The molecule has 0 aliphatic heterocycles. The third kappa shape index (κ3) is 2.22. The number of nitrogens with zero attached hydrogens (tertiary/aromatic N) is 1. The van der Waals surface area contributed by atoms with Gasteiger partial charge < -0.3 is 5.73 Å². The average molecular weight is 211 g/mol. The van der Waals surface area contributed by atoms with Crippen molar-refractivity contribution < 1.29 is 4.92 Å². The number of hydrogen-bond donors (Lipinski definition) is 1. The lowest BCUT2D eigenvalue weighted by atomic mass is 10.2. The van der Waals surface area contributed by atoms with Crippen LogP contribution < -0.4 is 5.73 Å². The van der Waals surface area contributed by atoms with Gasteiger partial charge in [0.25, 0.3) is 5.69 Å². The van der Waals surface area contributed by atoms with Crippen molar-refractivity contribution in [2.75, 3.05) is 6.54 Å². The second-order valence-electron chi connectivity index (χ2n) is 2.40. The van der Waals surface area contributed by atoms with Crippen molar-refractivity contribution in [3.63, 3.8) is 0 Å². The molecule has 0 bridgehead atoms. The van der Waals surface area contributed by atoms with Crippen molar-refractivity contribution >= 4 is 17.3 Å². The Labute approximate surface area is 85.8 Å². The van der Waals surface area contributed by atoms with E-state index in [1.165, 1.54) is 12.1 Å². The van der Waals surface area contributed by atoms with Crippen LogP contribution in [0.5, 0.6) is 0 Å². The smallest absolute Gasteiger partial charge is 0.286 e. The fourth-order valence-electron chi connectivity index (χ4n) is 0.928. The fraction of sp³-hybridized carbons (Fsp3) is 0.111. The van der Waals surface area contributed by atoms with E-state index in [0.717, 1.165) is 0 Å². The molecule has 0 fully saturated rings. The highest BCUT2D eigenvalue weighted by atomic mass is 35.5. The molecule has 0 atom stereocenters. The molecule has 0 saturated carbocycles. The monoisotopic (exact) mass is 210 g/mol. The lowest BCUT2D eigenvalue weighted by molar-refractivity contribution is -0.385. The molecular weight excluding hydrogens is 204 g/mol. The van der Waals surface area contributed by atoms with Crippen LogP contribution >= 0.6 is 11.6 Å². The van der Waals surface area contributed by atoms with Gasteiger partial charge in [0.2, 0.25) is 0 Å². The quantitative estimate of drug-likeness (QED) is 0.435. The highest BCUT2D eigenvalue weighted by Crippen LogP contribution is 2.24. The second-order valence-corrected chi connectivity index (χ2v) is 2.80. The summed E-state index contributed by atoms with van der Waals surface area (Å²) < 4.78 is 0. The van der Waals surface area contributed by atoms with Crippen LogP contribution in [0, 0.1) is 22.0 Å². The molecule has 0 aliphatic carbocycles. The predicted molar refractivity (Wildman–Crippen MR) is 54.0 cm³/mol. The minimum atomic E-state index is -0.521. The van der Waals surface area contributed by atoms with Crippen molar-refractivity contribution in [3.8, 4) is 11.8 Å². The van der Waals surface area contributed by atoms with Gasteiger partial charge in [-0.25, -0.2) is 0 Å². The van der Waals surface area contributed by atoms with Gasteiger partial charge in [-0.15, -0.1) is 0 Å². The molecule has 0 unspecified atom stereocenters. The second kappa shape index (κ2) is 4.61. The molecule has 14 heavy (non-hydrogen) atoms. The average Bonchev–Trinajstić information content (AvgIpc) is 2.15. The van der Waals surface area contributed by atoms with Gasteiger partial charge in [-0.1, -0.05) is 29.5 Å². The van der Waals surface area contributed by atoms with Crippen molar-refractivity contribution in [3.05, 3.63) is 38.9 Å². The van der Waals surface area contributed by atoms with Gasteiger partial charge >= 0.3 is 0 Å². The summed E-state index contributed by atoms with van der Waals surface area (Å²) in [4.78, 5) is 10.1. The van der Waals surface area contributed by atoms with E-state index in [1.807, 2.05) is 0 Å². The minimum absolute atomic E-state index is 0.0987. The van der Waals surface area contributed by atoms with Crippen LogP contribution in [-0.2, 0) is 0 Å². The largest absolute Gasteiger partial charge is 0.320 e. The number of hydrogen-bond acceptors (Lipinski definition) is 3. The van der Waals surface area contributed by atoms with Crippen LogP contribution in [0.25, 0.3) is 0 Å². The first-order chi connectivity index (χ1) is 6.66. The molecule has 4 nitrogen and oxygen atoms in total. The molecule has 1 rings (SSSR count). The van der Waals surface area contributed by atoms with Crippen LogP contribution in [0.1, 0.15) is 5.56 Å². The SMILES string of the molecule is NCC#Cc1c(Cl)cccc1[N+](=O)[O-]. The van der Waals surface area contributed by atoms with E-state index in [2.05, 4.69) is 11.8 Å². The maximum Gasteiger partial charge on any atom is 0.286 e. The predicted octanol–water partition coefficient (Wildman–Crippen LogP) is 1.56. The number of nitro benzene ring substituents is 1. The molecule has 72 valence electrons. The van der Waals surface area contributed by atoms with Crippen LogP contribution in [0.4, 0.5) is 5.69 Å². The molecule has 0 saturated heterocycles. The Kier molecular flexibility index (Phi) is 3.46. The first-order valence-corrected chi connectivity index (χ1v) is 4.16. The zero-order valence-electron chi connectivity index (χ0n) is 7.16. The van der Waals surface area contributed by atoms with Gasteiger partial charge in [-0.2, -0.15) is 0 Å². The Balaban J connectivity index is 3.29. The number of nitro groups is 1. The van der Waals surface area contributed by atoms with E-state index < -0.39 is 4.92 Å². The summed E-state index contributed by atoms with van der Waals surface area (Å²) in [6.45, 7) is 0.141. The van der Waals surface area contributed by atoms with Crippen LogP contribution in [0.3, 0.4) is 0 Å². The maximum atomic E-state index is 10.6. The van der Waals surface area contributed by atoms with Crippen molar-refractivity contribution in [2.45, 2.75) is 0 Å². The standard InChI is InChI=1S/C9H7ClN2O2/c10-8-4-1-5-9(12(13)14)7(8)3-2-6-11/h1,4-5H,6,11H2. The third-order valence-electron chi connectivity index (χ3n) is 1.50. The van der Waals surface area contributed by atoms with Crippen LogP contribution in [0.2, 0.25) is 5.02 Å². The van der Waals surface area contributed by atoms with E-state index in [0.29, 0.717) is 0 Å². The van der Waals surface area contributed by atoms with E-state index in [9.17, 15) is 10.1 Å². The lowest BCUT2D eigenvalue weighted by Crippen LogP contribution is -1.95. The summed E-state index contributed by atoms with van der Waals surface area (Å²) in [6.07, 6.45) is 0. The van der Waals surface area contributed by atoms with Gasteiger partial charge in [0.1, 0.15) is 5.56 Å². The van der Waals surface area contributed by atoms with Crippen molar-refractivity contribution in [1.29, 1.82) is 0 Å². The Hall–Kier alpha value is -1.57. The summed E-state index contributed by atoms with van der Waals surface area (Å²) in [6, 6.07) is 4.41. The highest BCUT2D eigenvalue weighted by Gasteiger charge is 2.13. The lowest BCUT2D eigenvalue weighted by Gasteiger charge is -1.96. The van der Waals surface area contributed by atoms with Gasteiger partial charge in [-0.05, 0) is 6.07 Å². The first kappa shape index (κ1) is 10.5. The van der Waals surface area contributed by atoms with E-state index in [-0.39, 0.29) is 22.8 Å². The van der Waals surface area contributed by atoms with Crippen LogP contribution in [0.15, 0.2) is 18.2 Å². The topological polar surface area (TPSA) is 69.2 Å². The first-order valence-electron chi connectivity index (χ1n) is 3.78. The zero-order valence-corrected chi connectivity index (χ0v) is 7.91. The number of benzene rings is 1. The van der Waals surface area contributed by atoms with Gasteiger partial charge in [-0.3, -0.25) is 10.1 Å². The summed E-state index contributed by atoms with van der Waals surface area (Å²) in [5.41, 5.74) is 5.28. The number of rotatable bonds is 1. The minimum Gasteiger partial charge on any atom is -0.320 e. The van der Waals surface area contributed by atoms with Gasteiger partial charge in [0.15, 0.2) is 0 Å². The molecule has 2 N–H and O–H groups in total. The van der Waals surface area contributed by atoms with Gasteiger partial charge in [0.05, 0.1) is 16.5 Å². The fourth-order valence-corrected chi connectivity index (χ4v) is 1.14. The Morgan fingerprint density at radius 2 is 2.29 bits per heavy atom. The van der Waals surface area contributed by atoms with Crippen molar-refractivity contribution in [1.82, 2.24) is 0 Å². The van der Waals surface area contributed by atoms with E-state index in [4.69, 9.17) is 17.3 Å². The summed E-state index contributed by atoms with van der Waals surface area (Å²) in [5, 5.41) is 10.8. The summed E-state index contributed by atoms with van der Waals surface area (Å²) in [7, 11) is 0. The molecule has 1 aromatic rings. The molecule has 0 radical (unpaired) electrons. The Morgan fingerprint density at radius 3 is 2.86 bits per heavy atom. The normalized spacial score (nSPS) is 9.00. The third-order valence-corrected chi connectivity index (χ3v) is 1.82. The molecule has 0 spiro atoms. The summed E-state index contributed by atoms with van der Waals surface area (Å²) in [5.74, 6) is 5.10. The molecule has 0 amide bonds. The molecule has 0 aromatic heterocycles. The van der Waals surface area contributed by atoms with Crippen molar-refractivity contribution in [2.24, 2.45) is 5.73 Å². The zero-order chi connectivity index (χ0) is 10.6.